The van der Waals surface area contributed by atoms with Crippen LogP contribution in [0.15, 0.2) is 42.5 Å². The van der Waals surface area contributed by atoms with E-state index in [1.54, 1.807) is 6.92 Å². The molecule has 2 aliphatic rings. The van der Waals surface area contributed by atoms with E-state index in [4.69, 9.17) is 0 Å². The molecule has 0 bridgehead atoms. The van der Waals surface area contributed by atoms with Gasteiger partial charge in [-0.05, 0) is 84.3 Å². The summed E-state index contributed by atoms with van der Waals surface area (Å²) in [5.41, 5.74) is 3.21. The Kier molecular flexibility index (Phi) is 6.01. The number of nitrogens with one attached hydrogen (secondary N) is 1. The van der Waals surface area contributed by atoms with E-state index < -0.39 is 35.7 Å². The lowest BCUT2D eigenvalue weighted by atomic mass is 9.87. The molecule has 2 aliphatic heterocycles. The lowest BCUT2D eigenvalue weighted by molar-refractivity contribution is -0.141. The molecule has 2 heterocycles. The molecule has 4 amide bonds. The van der Waals surface area contributed by atoms with Crippen LogP contribution in [0.5, 0.6) is 0 Å². The van der Waals surface area contributed by atoms with Gasteiger partial charge in [0, 0.05) is 0 Å². The van der Waals surface area contributed by atoms with Crippen LogP contribution in [0.1, 0.15) is 100 Å². The first-order valence-corrected chi connectivity index (χ1v) is 12.4. The molecule has 0 saturated heterocycles. The van der Waals surface area contributed by atoms with E-state index >= 15 is 0 Å². The van der Waals surface area contributed by atoms with Crippen LogP contribution < -0.4 is 10.2 Å². The van der Waals surface area contributed by atoms with E-state index in [0.717, 1.165) is 39.8 Å². The predicted molar refractivity (Wildman–Crippen MR) is 138 cm³/mol. The van der Waals surface area contributed by atoms with Crippen molar-refractivity contribution in [3.63, 3.8) is 0 Å². The molecule has 6 nitrogen and oxygen atoms in total. The Balaban J connectivity index is 1.61. The molecule has 0 aromatic heterocycles. The van der Waals surface area contributed by atoms with Crippen molar-refractivity contribution < 1.29 is 32.3 Å². The Morgan fingerprint density at radius 2 is 1.26 bits per heavy atom. The molecule has 0 aliphatic carbocycles. The Hall–Kier alpha value is -4.27. The van der Waals surface area contributed by atoms with Crippen LogP contribution in [-0.2, 0) is 0 Å². The summed E-state index contributed by atoms with van der Waals surface area (Å²) in [6.45, 7) is 9.62. The topological polar surface area (TPSA) is 83.6 Å². The molecule has 0 spiro atoms. The van der Waals surface area contributed by atoms with Gasteiger partial charge in [-0.2, -0.15) is 13.2 Å². The molecular weight excluding hydrogens is 509 g/mol. The summed E-state index contributed by atoms with van der Waals surface area (Å²) in [4.78, 5) is 52.0. The third-order valence-corrected chi connectivity index (χ3v) is 7.46. The van der Waals surface area contributed by atoms with E-state index in [0.29, 0.717) is 11.3 Å². The second-order valence-corrected chi connectivity index (χ2v) is 10.4. The molecule has 200 valence electrons. The van der Waals surface area contributed by atoms with Crippen molar-refractivity contribution in [1.29, 1.82) is 0 Å². The highest BCUT2D eigenvalue weighted by molar-refractivity contribution is 6.35. The van der Waals surface area contributed by atoms with Crippen LogP contribution in [0.2, 0.25) is 0 Å². The Labute approximate surface area is 222 Å². The molecule has 0 radical (unpaired) electrons. The molecule has 0 fully saturated rings. The van der Waals surface area contributed by atoms with Gasteiger partial charge in [0.25, 0.3) is 23.6 Å². The number of alkyl halides is 3. The molecule has 5 rings (SSSR count). The number of amides is 4. The van der Waals surface area contributed by atoms with Gasteiger partial charge in [0.2, 0.25) is 0 Å². The fourth-order valence-electron chi connectivity index (χ4n) is 6.00. The van der Waals surface area contributed by atoms with Gasteiger partial charge in [0.1, 0.15) is 5.92 Å². The quantitative estimate of drug-likeness (QED) is 0.409. The summed E-state index contributed by atoms with van der Waals surface area (Å²) < 4.78 is 43.3. The first-order chi connectivity index (χ1) is 18.2. The molecule has 3 aromatic carbocycles. The maximum Gasteiger partial charge on any atom is 0.399 e. The maximum absolute atomic E-state index is 14.4. The standard InChI is InChI=1S/C30H25F3N2O4/c1-13(2)23-14(3)10-15(4)25(16(23)5)35-28(38)20-9-7-18(12-22(20)29(35)39)24(30(31,32)33)17-6-8-19-21(11-17)27(37)34-26(19)36/h6-13,24H,1-5H3,(H,34,36,37)/t24-/m1/s1. The molecular formula is C30H25F3N2O4. The molecule has 0 saturated carbocycles. The third kappa shape index (κ3) is 4.04. The number of hydrogen-bond acceptors (Lipinski definition) is 4. The number of anilines is 1. The second kappa shape index (κ2) is 8.90. The number of nitrogens with zero attached hydrogens (tertiary/aromatic N) is 1. The first kappa shape index (κ1) is 26.3. The van der Waals surface area contributed by atoms with Crippen LogP contribution in [0, 0.1) is 20.8 Å². The number of rotatable bonds is 4. The van der Waals surface area contributed by atoms with Crippen molar-refractivity contribution in [1.82, 2.24) is 5.32 Å². The van der Waals surface area contributed by atoms with Crippen molar-refractivity contribution in [2.45, 2.75) is 52.6 Å². The zero-order chi connectivity index (χ0) is 28.5. The lowest BCUT2D eigenvalue weighted by Crippen LogP contribution is -2.31. The summed E-state index contributed by atoms with van der Waals surface area (Å²) in [5.74, 6) is -4.79. The summed E-state index contributed by atoms with van der Waals surface area (Å²) in [7, 11) is 0. The highest BCUT2D eigenvalue weighted by Gasteiger charge is 2.45. The van der Waals surface area contributed by atoms with E-state index in [1.165, 1.54) is 18.2 Å². The van der Waals surface area contributed by atoms with E-state index in [2.05, 4.69) is 5.32 Å². The van der Waals surface area contributed by atoms with Gasteiger partial charge in [-0.15, -0.1) is 0 Å². The minimum Gasteiger partial charge on any atom is -0.288 e. The van der Waals surface area contributed by atoms with Crippen molar-refractivity contribution in [2.75, 3.05) is 4.90 Å². The summed E-state index contributed by atoms with van der Waals surface area (Å²) >= 11 is 0. The average molecular weight is 535 g/mol. The largest absolute Gasteiger partial charge is 0.399 e. The number of aryl methyl sites for hydroxylation is 2. The highest BCUT2D eigenvalue weighted by atomic mass is 19.4. The predicted octanol–water partition coefficient (Wildman–Crippen LogP) is 6.11. The SMILES string of the molecule is Cc1cc(C)c(N2C(=O)c3ccc([C@@H](c4ccc5c(c4)C(=O)NC5=O)C(F)(F)F)cc3C2=O)c(C)c1C(C)C. The number of imide groups is 2. The van der Waals surface area contributed by atoms with Crippen LogP contribution in [0.3, 0.4) is 0 Å². The maximum atomic E-state index is 14.4. The zero-order valence-electron chi connectivity index (χ0n) is 21.9. The van der Waals surface area contributed by atoms with Gasteiger partial charge < -0.3 is 0 Å². The van der Waals surface area contributed by atoms with Crippen molar-refractivity contribution >= 4 is 29.3 Å². The fraction of sp³-hybridized carbons (Fsp3) is 0.267. The van der Waals surface area contributed by atoms with Gasteiger partial charge in [-0.1, -0.05) is 32.0 Å². The molecule has 0 unspecified atom stereocenters. The highest BCUT2D eigenvalue weighted by Crippen LogP contribution is 2.43. The number of fused-ring (bicyclic) bond motifs is 2. The first-order valence-electron chi connectivity index (χ1n) is 12.4. The number of benzene rings is 3. The molecule has 1 N–H and O–H groups in total. The molecule has 1 atom stereocenters. The molecule has 9 heteroatoms. The lowest BCUT2D eigenvalue weighted by Gasteiger charge is -2.24. The van der Waals surface area contributed by atoms with E-state index in [1.807, 2.05) is 33.8 Å². The van der Waals surface area contributed by atoms with Crippen LogP contribution >= 0.6 is 0 Å². The average Bonchev–Trinajstić information content (AvgIpc) is 3.25. The Morgan fingerprint density at radius 3 is 1.85 bits per heavy atom. The minimum absolute atomic E-state index is 0.000325. The summed E-state index contributed by atoms with van der Waals surface area (Å²) in [6.07, 6.45) is -4.79. The number of carbonyl (C=O) groups is 4. The van der Waals surface area contributed by atoms with Gasteiger partial charge in [0.05, 0.1) is 27.9 Å². The van der Waals surface area contributed by atoms with Gasteiger partial charge in [-0.3, -0.25) is 24.5 Å². The minimum atomic E-state index is -4.79. The Morgan fingerprint density at radius 1 is 0.718 bits per heavy atom. The van der Waals surface area contributed by atoms with Crippen molar-refractivity contribution in [2.24, 2.45) is 0 Å². The third-order valence-electron chi connectivity index (χ3n) is 7.46. The van der Waals surface area contributed by atoms with Gasteiger partial charge in [-0.25, -0.2) is 4.90 Å². The number of hydrogen-bond donors (Lipinski definition) is 1. The number of carbonyl (C=O) groups excluding carboxylic acids is 4. The molecule has 39 heavy (non-hydrogen) atoms. The van der Waals surface area contributed by atoms with Crippen molar-refractivity contribution in [3.05, 3.63) is 98.1 Å². The van der Waals surface area contributed by atoms with Crippen molar-refractivity contribution in [3.8, 4) is 0 Å². The molecule has 3 aromatic rings. The summed E-state index contributed by atoms with van der Waals surface area (Å²) in [6, 6.07) is 8.81. The monoisotopic (exact) mass is 534 g/mol. The number of halogens is 3. The fourth-order valence-corrected chi connectivity index (χ4v) is 6.00. The smallest absolute Gasteiger partial charge is 0.288 e. The summed E-state index contributed by atoms with van der Waals surface area (Å²) in [5, 5.41) is 2.07. The zero-order valence-corrected chi connectivity index (χ0v) is 21.9. The normalized spacial score (nSPS) is 15.7. The van der Waals surface area contributed by atoms with E-state index in [-0.39, 0.29) is 39.3 Å². The van der Waals surface area contributed by atoms with Gasteiger partial charge in [0.15, 0.2) is 0 Å². The van der Waals surface area contributed by atoms with E-state index in [9.17, 15) is 32.3 Å². The Bertz CT molecular complexity index is 1620. The van der Waals surface area contributed by atoms with Gasteiger partial charge >= 0.3 is 6.18 Å². The van der Waals surface area contributed by atoms with Crippen LogP contribution in [0.4, 0.5) is 18.9 Å². The van der Waals surface area contributed by atoms with Crippen LogP contribution in [0.25, 0.3) is 0 Å². The van der Waals surface area contributed by atoms with Crippen LogP contribution in [-0.4, -0.2) is 29.8 Å². The second-order valence-electron chi connectivity index (χ2n) is 10.4.